The summed E-state index contributed by atoms with van der Waals surface area (Å²) < 4.78 is 2.22. The molecule has 1 atom stereocenters. The summed E-state index contributed by atoms with van der Waals surface area (Å²) in [5.41, 5.74) is 19.9. The quantitative estimate of drug-likeness (QED) is 0.180. The van der Waals surface area contributed by atoms with Gasteiger partial charge < -0.3 is 0 Å². The molecule has 1 spiro atoms. The summed E-state index contributed by atoms with van der Waals surface area (Å²) in [5.74, 6) is 0.886. The molecule has 0 radical (unpaired) electrons. The van der Waals surface area contributed by atoms with E-state index in [0.717, 1.165) is 22.2 Å². The second-order valence-corrected chi connectivity index (χ2v) is 15.8. The minimum absolute atomic E-state index is 0.0892. The van der Waals surface area contributed by atoms with Gasteiger partial charge >= 0.3 is 0 Å². The van der Waals surface area contributed by atoms with Crippen molar-refractivity contribution in [1.82, 2.24) is 14.5 Å². The summed E-state index contributed by atoms with van der Waals surface area (Å²) in [5, 5.41) is 2.35. The number of benzene rings is 6. The van der Waals surface area contributed by atoms with Crippen LogP contribution in [0.5, 0.6) is 0 Å². The zero-order valence-electron chi connectivity index (χ0n) is 30.6. The van der Waals surface area contributed by atoms with E-state index in [1.54, 1.807) is 0 Å². The lowest BCUT2D eigenvalue weighted by atomic mass is 9.65. The summed E-state index contributed by atoms with van der Waals surface area (Å²) in [6, 6.07) is 54.5. The molecule has 3 heteroatoms. The van der Waals surface area contributed by atoms with Crippen molar-refractivity contribution in [2.75, 3.05) is 0 Å². The number of nitrogens with zero attached hydrogens (tertiary/aromatic N) is 3. The van der Waals surface area contributed by atoms with Crippen molar-refractivity contribution in [3.8, 4) is 39.2 Å². The lowest BCUT2D eigenvalue weighted by Gasteiger charge is -2.36. The maximum absolute atomic E-state index is 4.73. The number of hydrogen-bond donors (Lipinski definition) is 0. The molecule has 55 heavy (non-hydrogen) atoms. The largest absolute Gasteiger partial charge is 0.292 e. The molecule has 3 nitrogen and oxygen atoms in total. The zero-order valence-corrected chi connectivity index (χ0v) is 30.6. The smallest absolute Gasteiger partial charge is 0.137 e. The summed E-state index contributed by atoms with van der Waals surface area (Å²) >= 11 is 0. The molecular formula is C52H35N3. The molecule has 6 aromatic carbocycles. The van der Waals surface area contributed by atoms with Crippen molar-refractivity contribution in [1.29, 1.82) is 0 Å². The molecule has 3 aromatic heterocycles. The molecule has 0 fully saturated rings. The van der Waals surface area contributed by atoms with E-state index < -0.39 is 5.41 Å². The Kier molecular flexibility index (Phi) is 6.05. The highest BCUT2D eigenvalue weighted by Gasteiger charge is 2.50. The Balaban J connectivity index is 1.15. The van der Waals surface area contributed by atoms with Gasteiger partial charge in [0.15, 0.2) is 0 Å². The van der Waals surface area contributed by atoms with Crippen LogP contribution in [0.4, 0.5) is 0 Å². The third-order valence-corrected chi connectivity index (χ3v) is 12.8. The first-order valence-electron chi connectivity index (χ1n) is 19.1. The first-order chi connectivity index (χ1) is 27.0. The fourth-order valence-electron chi connectivity index (χ4n) is 10.3. The van der Waals surface area contributed by atoms with Gasteiger partial charge in [-0.2, -0.15) is 0 Å². The summed E-state index contributed by atoms with van der Waals surface area (Å²) in [4.78, 5) is 9.24. The van der Waals surface area contributed by atoms with Gasteiger partial charge in [0.25, 0.3) is 0 Å². The molecule has 0 saturated carbocycles. The third-order valence-electron chi connectivity index (χ3n) is 12.8. The van der Waals surface area contributed by atoms with Crippen molar-refractivity contribution < 1.29 is 0 Å². The van der Waals surface area contributed by atoms with Gasteiger partial charge in [0.2, 0.25) is 0 Å². The van der Waals surface area contributed by atoms with Crippen LogP contribution in [0.3, 0.4) is 0 Å². The second-order valence-electron chi connectivity index (χ2n) is 15.8. The molecule has 258 valence electrons. The number of rotatable bonds is 2. The van der Waals surface area contributed by atoms with Gasteiger partial charge in [-0.05, 0) is 126 Å². The minimum atomic E-state index is -0.529. The van der Waals surface area contributed by atoms with Crippen molar-refractivity contribution in [2.24, 2.45) is 0 Å². The minimum Gasteiger partial charge on any atom is -0.292 e. The summed E-state index contributed by atoms with van der Waals surface area (Å²) in [7, 11) is 0. The van der Waals surface area contributed by atoms with Crippen LogP contribution >= 0.6 is 0 Å². The van der Waals surface area contributed by atoms with Crippen LogP contribution in [0.15, 0.2) is 164 Å². The Bertz CT molecular complexity index is 3130. The lowest BCUT2D eigenvalue weighted by Crippen LogP contribution is -2.30. The van der Waals surface area contributed by atoms with Gasteiger partial charge in [0, 0.05) is 28.6 Å². The lowest BCUT2D eigenvalue weighted by molar-refractivity contribution is 0.660. The molecule has 12 rings (SSSR count). The molecule has 0 bridgehead atoms. The van der Waals surface area contributed by atoms with Gasteiger partial charge in [-0.3, -0.25) is 9.55 Å². The van der Waals surface area contributed by atoms with Gasteiger partial charge in [0.05, 0.1) is 22.6 Å². The molecule has 0 amide bonds. The molecule has 0 saturated heterocycles. The normalized spacial score (nSPS) is 16.7. The van der Waals surface area contributed by atoms with Crippen LogP contribution in [0.1, 0.15) is 58.4 Å². The Hall–Kier alpha value is -6.84. The molecule has 3 aliphatic carbocycles. The Morgan fingerprint density at radius 3 is 1.96 bits per heavy atom. The molecule has 0 N–H and O–H groups in total. The van der Waals surface area contributed by atoms with Crippen molar-refractivity contribution >= 4 is 34.0 Å². The maximum atomic E-state index is 4.73. The molecule has 9 aromatic rings. The molecule has 1 unspecified atom stereocenters. The average Bonchev–Trinajstić information content (AvgIpc) is 3.76. The van der Waals surface area contributed by atoms with Crippen LogP contribution in [-0.2, 0) is 10.8 Å². The Morgan fingerprint density at radius 1 is 0.455 bits per heavy atom. The van der Waals surface area contributed by atoms with Crippen LogP contribution in [0, 0.1) is 0 Å². The Morgan fingerprint density at radius 2 is 1.13 bits per heavy atom. The SMILES string of the molecule is CC1(C)c2ccccc2-c2cc3c(cc21)-c1ccccc1C31c2ccccc2C=Cc2ccc(-c3ccc4c(c3)c3ccncc3n4-c3ccccn3)cc21. The number of fused-ring (bicyclic) bond motifs is 15. The van der Waals surface area contributed by atoms with Crippen molar-refractivity contribution in [3.05, 3.63) is 209 Å². The second kappa shape index (κ2) is 10.9. The first kappa shape index (κ1) is 30.6. The van der Waals surface area contributed by atoms with Gasteiger partial charge in [-0.15, -0.1) is 0 Å². The predicted molar refractivity (Wildman–Crippen MR) is 226 cm³/mol. The van der Waals surface area contributed by atoms with Crippen molar-refractivity contribution in [2.45, 2.75) is 24.7 Å². The summed E-state index contributed by atoms with van der Waals surface area (Å²) in [6.45, 7) is 4.77. The topological polar surface area (TPSA) is 30.7 Å². The van der Waals surface area contributed by atoms with E-state index in [1.807, 2.05) is 30.7 Å². The molecular weight excluding hydrogens is 667 g/mol. The van der Waals surface area contributed by atoms with Gasteiger partial charge in [-0.25, -0.2) is 4.98 Å². The highest BCUT2D eigenvalue weighted by Crippen LogP contribution is 2.62. The van der Waals surface area contributed by atoms with Crippen LogP contribution in [0.2, 0.25) is 0 Å². The highest BCUT2D eigenvalue weighted by molar-refractivity contribution is 6.10. The highest BCUT2D eigenvalue weighted by atomic mass is 15.1. The van der Waals surface area contributed by atoms with Crippen LogP contribution < -0.4 is 0 Å². The fraction of sp³-hybridized carbons (Fsp3) is 0.0769. The first-order valence-corrected chi connectivity index (χ1v) is 19.1. The molecule has 3 heterocycles. The van der Waals surface area contributed by atoms with Gasteiger partial charge in [0.1, 0.15) is 5.82 Å². The Labute approximate surface area is 319 Å². The fourth-order valence-corrected chi connectivity index (χ4v) is 10.3. The zero-order chi connectivity index (χ0) is 36.5. The van der Waals surface area contributed by atoms with E-state index in [1.165, 1.54) is 83.3 Å². The maximum Gasteiger partial charge on any atom is 0.137 e. The van der Waals surface area contributed by atoms with E-state index in [4.69, 9.17) is 4.98 Å². The van der Waals surface area contributed by atoms with E-state index in [-0.39, 0.29) is 5.41 Å². The van der Waals surface area contributed by atoms with E-state index in [2.05, 4.69) is 169 Å². The van der Waals surface area contributed by atoms with E-state index >= 15 is 0 Å². The number of hydrogen-bond acceptors (Lipinski definition) is 2. The summed E-state index contributed by atoms with van der Waals surface area (Å²) in [6.07, 6.45) is 10.3. The van der Waals surface area contributed by atoms with E-state index in [0.29, 0.717) is 0 Å². The average molecular weight is 702 g/mol. The van der Waals surface area contributed by atoms with Crippen molar-refractivity contribution in [3.63, 3.8) is 0 Å². The standard InChI is InChI=1S/C52H35N3/c1-51(2)43-15-7-4-12-36(43)39-30-47-40(29-46(39)51)37-13-5-8-16-44(37)52(47)42-14-6-3-11-32(42)18-19-33-20-21-35(28-45(33)52)34-22-23-48-41(27-34)38-24-26-53-31-49(38)55(48)50-17-9-10-25-54-50/h3-31H,1-2H3. The van der Waals surface area contributed by atoms with Crippen LogP contribution in [-0.4, -0.2) is 14.5 Å². The number of aromatic nitrogens is 3. The van der Waals surface area contributed by atoms with Crippen LogP contribution in [0.25, 0.3) is 73.2 Å². The third kappa shape index (κ3) is 3.94. The molecule has 3 aliphatic rings. The van der Waals surface area contributed by atoms with E-state index in [9.17, 15) is 0 Å². The molecule has 0 aliphatic heterocycles. The van der Waals surface area contributed by atoms with Gasteiger partial charge in [-0.1, -0.05) is 123 Å². The number of pyridine rings is 2. The monoisotopic (exact) mass is 701 g/mol. The predicted octanol–water partition coefficient (Wildman–Crippen LogP) is 12.4.